The van der Waals surface area contributed by atoms with E-state index in [1.165, 1.54) is 49.7 Å². The first kappa shape index (κ1) is 39.4. The van der Waals surface area contributed by atoms with Crippen molar-refractivity contribution in [1.29, 1.82) is 0 Å². The summed E-state index contributed by atoms with van der Waals surface area (Å²) in [7, 11) is 0. The number of benzene rings is 5. The quantitative estimate of drug-likeness (QED) is 0.162. The van der Waals surface area contributed by atoms with Crippen LogP contribution in [0.5, 0.6) is 5.75 Å². The van der Waals surface area contributed by atoms with Crippen LogP contribution in [0.1, 0.15) is 92.7 Å². The molecule has 0 aliphatic heterocycles. The molecule has 0 saturated carbocycles. The van der Waals surface area contributed by atoms with Crippen LogP contribution >= 0.6 is 0 Å². The van der Waals surface area contributed by atoms with Gasteiger partial charge < -0.3 is 10.1 Å². The monoisotopic (exact) mass is 877 g/mol. The summed E-state index contributed by atoms with van der Waals surface area (Å²) in [4.78, 5) is 9.31. The first-order valence-electron chi connectivity index (χ1n) is 18.4. The standard InChI is InChI=1S/C27H28N2O.C21H22N.Ir/c1-18(2)23-16-21(20-10-6-5-7-11-20)17-24(19(3)4)26(23)29-15-14-28-27(29)22-12-8-9-13-25(22)30;1-13(2)17-6-7-19-20(11-17)16(5)12-22-21(19)18-9-14(3)8-15(4)10-18;/h5-19,30H,1-4H3;6-9,11-13H,1-5H3;/q;-1;. The molecule has 1 N–H and O–H groups in total. The summed E-state index contributed by atoms with van der Waals surface area (Å²) in [5, 5.41) is 13.0. The van der Waals surface area contributed by atoms with Gasteiger partial charge in [0.05, 0.1) is 11.3 Å². The predicted octanol–water partition coefficient (Wildman–Crippen LogP) is 12.9. The van der Waals surface area contributed by atoms with Crippen LogP contribution in [0.3, 0.4) is 0 Å². The Kier molecular flexibility index (Phi) is 12.5. The molecule has 53 heavy (non-hydrogen) atoms. The van der Waals surface area contributed by atoms with E-state index in [0.29, 0.717) is 17.8 Å². The summed E-state index contributed by atoms with van der Waals surface area (Å²) in [6, 6.07) is 37.0. The van der Waals surface area contributed by atoms with Crippen LogP contribution in [0.25, 0.3) is 50.2 Å². The number of aromatic hydroxyl groups is 1. The second kappa shape index (κ2) is 16.9. The molecule has 273 valence electrons. The fourth-order valence-electron chi connectivity index (χ4n) is 6.97. The number of imidazole rings is 1. The van der Waals surface area contributed by atoms with Crippen molar-refractivity contribution in [3.05, 3.63) is 155 Å². The number of hydrogen-bond acceptors (Lipinski definition) is 3. The average Bonchev–Trinajstić information content (AvgIpc) is 3.61. The van der Waals surface area contributed by atoms with Crippen molar-refractivity contribution in [2.75, 3.05) is 0 Å². The molecule has 0 spiro atoms. The maximum absolute atomic E-state index is 10.5. The third-order valence-electron chi connectivity index (χ3n) is 9.73. The van der Waals surface area contributed by atoms with E-state index in [-0.39, 0.29) is 25.9 Å². The number of rotatable bonds is 7. The molecule has 1 radical (unpaired) electrons. The Morgan fingerprint density at radius 1 is 0.660 bits per heavy atom. The summed E-state index contributed by atoms with van der Waals surface area (Å²) in [5.74, 6) is 2.20. The Labute approximate surface area is 329 Å². The van der Waals surface area contributed by atoms with E-state index in [0.717, 1.165) is 33.9 Å². The van der Waals surface area contributed by atoms with Gasteiger partial charge >= 0.3 is 0 Å². The minimum absolute atomic E-state index is 0. The molecule has 7 rings (SSSR count). The topological polar surface area (TPSA) is 50.9 Å². The van der Waals surface area contributed by atoms with E-state index in [9.17, 15) is 5.11 Å². The van der Waals surface area contributed by atoms with Crippen LogP contribution in [-0.2, 0) is 20.1 Å². The van der Waals surface area contributed by atoms with Crippen molar-refractivity contribution in [2.24, 2.45) is 0 Å². The molecule has 5 aromatic carbocycles. The van der Waals surface area contributed by atoms with Gasteiger partial charge in [0, 0.05) is 38.7 Å². The number of phenolic OH excluding ortho intramolecular Hbond substituents is 1. The van der Waals surface area contributed by atoms with Gasteiger partial charge in [-0.15, -0.1) is 34.9 Å². The summed E-state index contributed by atoms with van der Waals surface area (Å²) in [5.41, 5.74) is 14.0. The maximum atomic E-state index is 10.5. The van der Waals surface area contributed by atoms with Gasteiger partial charge in [0.1, 0.15) is 11.6 Å². The molecular formula is C48H50IrN3O-. The van der Waals surface area contributed by atoms with Crippen LogP contribution < -0.4 is 0 Å². The third-order valence-corrected chi connectivity index (χ3v) is 9.73. The maximum Gasteiger partial charge on any atom is 0.148 e. The first-order valence-corrected chi connectivity index (χ1v) is 18.4. The van der Waals surface area contributed by atoms with E-state index in [1.54, 1.807) is 12.3 Å². The molecule has 0 aliphatic rings. The fraction of sp³-hybridized carbons (Fsp3) is 0.250. The number of para-hydroxylation sites is 1. The molecule has 0 aliphatic carbocycles. The number of fused-ring (bicyclic) bond motifs is 1. The van der Waals surface area contributed by atoms with Crippen molar-refractivity contribution < 1.29 is 25.2 Å². The SMILES string of the molecule is CC(C)c1cc(-c2ccccc2)cc(C(C)C)c1-n1ccnc1-c1ccccc1O.Cc1[c-]c(-c2ncc(C)c3cc(C(C)C)ccc23)cc(C)c1.[Ir]. The first-order chi connectivity index (χ1) is 24.9. The molecule has 0 bridgehead atoms. The molecule has 0 atom stereocenters. The van der Waals surface area contributed by atoms with Gasteiger partial charge in [-0.3, -0.25) is 4.57 Å². The van der Waals surface area contributed by atoms with Gasteiger partial charge in [0.2, 0.25) is 0 Å². The number of aromatic nitrogens is 3. The molecule has 5 heteroatoms. The fourth-order valence-corrected chi connectivity index (χ4v) is 6.97. The third kappa shape index (κ3) is 8.54. The number of nitrogens with zero attached hydrogens (tertiary/aromatic N) is 3. The van der Waals surface area contributed by atoms with Crippen molar-refractivity contribution in [3.63, 3.8) is 0 Å². The van der Waals surface area contributed by atoms with Gasteiger partial charge in [-0.1, -0.05) is 116 Å². The van der Waals surface area contributed by atoms with Gasteiger partial charge in [-0.2, -0.15) is 0 Å². The minimum atomic E-state index is 0. The van der Waals surface area contributed by atoms with E-state index >= 15 is 0 Å². The van der Waals surface area contributed by atoms with Gasteiger partial charge in [-0.05, 0) is 98.8 Å². The zero-order chi connectivity index (χ0) is 37.1. The summed E-state index contributed by atoms with van der Waals surface area (Å²) < 4.78 is 2.13. The Balaban J connectivity index is 0.000000210. The van der Waals surface area contributed by atoms with E-state index in [4.69, 9.17) is 4.98 Å². The minimum Gasteiger partial charge on any atom is -0.507 e. The zero-order valence-corrected chi connectivity index (χ0v) is 34.7. The van der Waals surface area contributed by atoms with Crippen molar-refractivity contribution in [1.82, 2.24) is 14.5 Å². The van der Waals surface area contributed by atoms with Gasteiger partial charge in [0.15, 0.2) is 0 Å². The number of phenols is 1. The predicted molar refractivity (Wildman–Crippen MR) is 219 cm³/mol. The average molecular weight is 877 g/mol. The van der Waals surface area contributed by atoms with Crippen LogP contribution in [0.4, 0.5) is 0 Å². The zero-order valence-electron chi connectivity index (χ0n) is 32.3. The molecule has 0 saturated heterocycles. The molecule has 0 amide bonds. The Bertz CT molecular complexity index is 2290. The van der Waals surface area contributed by atoms with Gasteiger partial charge in [0.25, 0.3) is 0 Å². The molecule has 4 nitrogen and oxygen atoms in total. The van der Waals surface area contributed by atoms with Crippen LogP contribution in [0.15, 0.2) is 116 Å². The van der Waals surface area contributed by atoms with E-state index in [1.807, 2.05) is 30.6 Å². The smallest absolute Gasteiger partial charge is 0.148 e. The summed E-state index contributed by atoms with van der Waals surface area (Å²) in [6.07, 6.45) is 5.78. The second-order valence-electron chi connectivity index (χ2n) is 14.8. The molecule has 2 heterocycles. The summed E-state index contributed by atoms with van der Waals surface area (Å²) >= 11 is 0. The van der Waals surface area contributed by atoms with E-state index < -0.39 is 0 Å². The number of aryl methyl sites for hydroxylation is 3. The van der Waals surface area contributed by atoms with E-state index in [2.05, 4.69) is 151 Å². The van der Waals surface area contributed by atoms with Crippen LogP contribution in [0.2, 0.25) is 0 Å². The largest absolute Gasteiger partial charge is 0.507 e. The van der Waals surface area contributed by atoms with Crippen LogP contribution in [-0.4, -0.2) is 19.6 Å². The van der Waals surface area contributed by atoms with Gasteiger partial charge in [-0.25, -0.2) is 4.98 Å². The Hall–Kier alpha value is -4.83. The van der Waals surface area contributed by atoms with Crippen LogP contribution in [0, 0.1) is 26.8 Å². The number of pyridine rings is 1. The van der Waals surface area contributed by atoms with Crippen molar-refractivity contribution in [2.45, 2.75) is 80.1 Å². The molecule has 0 unspecified atom stereocenters. The Morgan fingerprint density at radius 2 is 1.32 bits per heavy atom. The molecular weight excluding hydrogens is 827 g/mol. The van der Waals surface area contributed by atoms with Crippen molar-refractivity contribution >= 4 is 10.8 Å². The summed E-state index contributed by atoms with van der Waals surface area (Å²) in [6.45, 7) is 19.7. The number of hydrogen-bond donors (Lipinski definition) is 1. The second-order valence-corrected chi connectivity index (χ2v) is 14.8. The molecule has 0 fully saturated rings. The molecule has 7 aromatic rings. The Morgan fingerprint density at radius 3 is 1.94 bits per heavy atom. The normalized spacial score (nSPS) is 11.2. The molecule has 2 aromatic heterocycles. The van der Waals surface area contributed by atoms with Crippen molar-refractivity contribution in [3.8, 4) is 45.2 Å².